The molecule has 3 nitrogen and oxygen atoms in total. The van der Waals surface area contributed by atoms with Crippen LogP contribution in [0.3, 0.4) is 0 Å². The van der Waals surface area contributed by atoms with Gasteiger partial charge >= 0.3 is 6.18 Å². The number of ether oxygens (including phenoxy) is 1. The van der Waals surface area contributed by atoms with Gasteiger partial charge in [0.1, 0.15) is 11.6 Å². The highest BCUT2D eigenvalue weighted by atomic mass is 32.1. The van der Waals surface area contributed by atoms with Crippen molar-refractivity contribution in [2.45, 2.75) is 6.18 Å². The molecule has 1 rings (SSSR count). The van der Waals surface area contributed by atoms with Crippen molar-refractivity contribution in [3.63, 3.8) is 0 Å². The minimum atomic E-state index is -4.30. The summed E-state index contributed by atoms with van der Waals surface area (Å²) >= 11 is 4.92. The van der Waals surface area contributed by atoms with Gasteiger partial charge < -0.3 is 15.4 Å². The molecule has 0 saturated heterocycles. The first kappa shape index (κ1) is 15.7. The van der Waals surface area contributed by atoms with E-state index < -0.39 is 12.8 Å². The molecule has 0 heterocycles. The van der Waals surface area contributed by atoms with Gasteiger partial charge in [0.15, 0.2) is 0 Å². The molecule has 0 bridgehead atoms. The molecule has 0 atom stereocenters. The molecule has 0 aliphatic rings. The maximum Gasteiger partial charge on any atom is 0.411 e. The van der Waals surface area contributed by atoms with Gasteiger partial charge in [-0.25, -0.2) is 0 Å². The highest BCUT2D eigenvalue weighted by molar-refractivity contribution is 7.80. The van der Waals surface area contributed by atoms with E-state index in [0.717, 1.165) is 5.69 Å². The van der Waals surface area contributed by atoms with Gasteiger partial charge in [-0.3, -0.25) is 0 Å². The highest BCUT2D eigenvalue weighted by Crippen LogP contribution is 2.19. The summed E-state index contributed by atoms with van der Waals surface area (Å²) in [5.74, 6) is 0. The molecule has 0 aromatic heterocycles. The first-order valence-electron chi connectivity index (χ1n) is 5.56. The van der Waals surface area contributed by atoms with Crippen LogP contribution in [0.1, 0.15) is 5.56 Å². The van der Waals surface area contributed by atoms with Crippen LogP contribution in [0.4, 0.5) is 18.9 Å². The van der Waals surface area contributed by atoms with Crippen molar-refractivity contribution in [2.24, 2.45) is 5.73 Å². The standard InChI is InChI=1S/C12H15F3N2OS/c1-17(6-7-18-8-12(13,14)15)10-5-3-2-4-9(10)11(16)19/h2-5H,6-8H2,1H3,(H2,16,19). The van der Waals surface area contributed by atoms with Crippen molar-refractivity contribution in [3.8, 4) is 0 Å². The largest absolute Gasteiger partial charge is 0.411 e. The Hall–Kier alpha value is -1.34. The maximum atomic E-state index is 11.9. The molecule has 0 spiro atoms. The maximum absolute atomic E-state index is 11.9. The molecule has 0 amide bonds. The molecule has 106 valence electrons. The Morgan fingerprint density at radius 2 is 2.00 bits per heavy atom. The van der Waals surface area contributed by atoms with Gasteiger partial charge in [0, 0.05) is 24.8 Å². The van der Waals surface area contributed by atoms with Crippen molar-refractivity contribution in [2.75, 3.05) is 31.7 Å². The second-order valence-corrected chi connectivity index (χ2v) is 4.41. The van der Waals surface area contributed by atoms with Crippen LogP contribution in [0.2, 0.25) is 0 Å². The second kappa shape index (κ2) is 6.72. The van der Waals surface area contributed by atoms with Gasteiger partial charge in [-0.15, -0.1) is 0 Å². The van der Waals surface area contributed by atoms with E-state index in [4.69, 9.17) is 18.0 Å². The van der Waals surface area contributed by atoms with Gasteiger partial charge in [0.2, 0.25) is 0 Å². The van der Waals surface area contributed by atoms with Crippen molar-refractivity contribution in [1.82, 2.24) is 0 Å². The first-order valence-corrected chi connectivity index (χ1v) is 5.96. The zero-order valence-corrected chi connectivity index (χ0v) is 11.2. The molecular formula is C12H15F3N2OS. The average molecular weight is 292 g/mol. The van der Waals surface area contributed by atoms with Crippen LogP contribution in [0.25, 0.3) is 0 Å². The van der Waals surface area contributed by atoms with Crippen LogP contribution in [0.5, 0.6) is 0 Å². The number of alkyl halides is 3. The Morgan fingerprint density at radius 3 is 2.58 bits per heavy atom. The lowest BCUT2D eigenvalue weighted by Crippen LogP contribution is -2.27. The van der Waals surface area contributed by atoms with Gasteiger partial charge in [-0.2, -0.15) is 13.2 Å². The molecule has 0 aliphatic heterocycles. The number of hydrogen-bond acceptors (Lipinski definition) is 3. The number of rotatable bonds is 6. The molecule has 7 heteroatoms. The number of halogens is 3. The van der Waals surface area contributed by atoms with E-state index in [-0.39, 0.29) is 11.6 Å². The summed E-state index contributed by atoms with van der Waals surface area (Å²) in [5.41, 5.74) is 7.05. The fraction of sp³-hybridized carbons (Fsp3) is 0.417. The monoisotopic (exact) mass is 292 g/mol. The third-order valence-corrected chi connectivity index (χ3v) is 2.64. The molecule has 0 aliphatic carbocycles. The average Bonchev–Trinajstić information content (AvgIpc) is 2.33. The summed E-state index contributed by atoms with van der Waals surface area (Å²) in [7, 11) is 1.74. The quantitative estimate of drug-likeness (QED) is 0.645. The van der Waals surface area contributed by atoms with Gasteiger partial charge in [0.25, 0.3) is 0 Å². The van der Waals surface area contributed by atoms with Crippen LogP contribution in [-0.2, 0) is 4.74 Å². The molecule has 1 aromatic carbocycles. The van der Waals surface area contributed by atoms with E-state index >= 15 is 0 Å². The number of para-hydroxylation sites is 1. The van der Waals surface area contributed by atoms with Crippen molar-refractivity contribution in [3.05, 3.63) is 29.8 Å². The van der Waals surface area contributed by atoms with Gasteiger partial charge in [-0.1, -0.05) is 24.4 Å². The Labute approximate surface area is 115 Å². The summed E-state index contributed by atoms with van der Waals surface area (Å²) < 4.78 is 40.3. The third-order valence-electron chi connectivity index (χ3n) is 2.42. The van der Waals surface area contributed by atoms with Crippen LogP contribution in [-0.4, -0.2) is 38.0 Å². The van der Waals surface area contributed by atoms with E-state index in [1.54, 1.807) is 30.1 Å². The van der Waals surface area contributed by atoms with E-state index in [1.165, 1.54) is 0 Å². The topological polar surface area (TPSA) is 38.5 Å². The van der Waals surface area contributed by atoms with Crippen LogP contribution >= 0.6 is 12.2 Å². The van der Waals surface area contributed by atoms with Crippen molar-refractivity contribution in [1.29, 1.82) is 0 Å². The predicted molar refractivity (Wildman–Crippen MR) is 72.5 cm³/mol. The molecule has 0 unspecified atom stereocenters. The molecule has 19 heavy (non-hydrogen) atoms. The summed E-state index contributed by atoms with van der Waals surface area (Å²) in [6.45, 7) is -0.949. The zero-order valence-electron chi connectivity index (χ0n) is 10.4. The smallest absolute Gasteiger partial charge is 0.389 e. The lowest BCUT2D eigenvalue weighted by atomic mass is 10.1. The van der Waals surface area contributed by atoms with Crippen LogP contribution in [0.15, 0.2) is 24.3 Å². The molecule has 0 saturated carbocycles. The van der Waals surface area contributed by atoms with E-state index in [2.05, 4.69) is 4.74 Å². The van der Waals surface area contributed by atoms with Gasteiger partial charge in [0.05, 0.1) is 6.61 Å². The molecular weight excluding hydrogens is 277 g/mol. The van der Waals surface area contributed by atoms with E-state index in [1.807, 2.05) is 6.07 Å². The number of likely N-dealkylation sites (N-methyl/N-ethyl adjacent to an activating group) is 1. The Morgan fingerprint density at radius 1 is 1.37 bits per heavy atom. The minimum absolute atomic E-state index is 0.0261. The van der Waals surface area contributed by atoms with Gasteiger partial charge in [-0.05, 0) is 12.1 Å². The normalized spacial score (nSPS) is 11.4. The molecule has 0 fully saturated rings. The minimum Gasteiger partial charge on any atom is -0.389 e. The number of nitrogens with two attached hydrogens (primary N) is 1. The summed E-state index contributed by atoms with van der Waals surface area (Å²) in [4.78, 5) is 2.00. The van der Waals surface area contributed by atoms with Crippen LogP contribution in [0, 0.1) is 0 Å². The first-order chi connectivity index (χ1) is 8.81. The Balaban J connectivity index is 2.54. The number of hydrogen-bond donors (Lipinski definition) is 1. The number of anilines is 1. The van der Waals surface area contributed by atoms with E-state index in [0.29, 0.717) is 12.1 Å². The van der Waals surface area contributed by atoms with Crippen molar-refractivity contribution >= 4 is 22.9 Å². The SMILES string of the molecule is CN(CCOCC(F)(F)F)c1ccccc1C(N)=S. The Kier molecular flexibility index (Phi) is 5.56. The Bertz CT molecular complexity index is 437. The summed E-state index contributed by atoms with van der Waals surface area (Å²) in [5, 5.41) is 0. The lowest BCUT2D eigenvalue weighted by Gasteiger charge is -2.22. The lowest BCUT2D eigenvalue weighted by molar-refractivity contribution is -0.173. The molecule has 1 aromatic rings. The third kappa shape index (κ3) is 5.44. The zero-order chi connectivity index (χ0) is 14.5. The highest BCUT2D eigenvalue weighted by Gasteiger charge is 2.27. The summed E-state index contributed by atoms with van der Waals surface area (Å²) in [6, 6.07) is 7.18. The molecule has 2 N–H and O–H groups in total. The predicted octanol–water partition coefficient (Wildman–Crippen LogP) is 2.34. The number of nitrogens with zero attached hydrogens (tertiary/aromatic N) is 1. The number of benzene rings is 1. The van der Waals surface area contributed by atoms with Crippen LogP contribution < -0.4 is 10.6 Å². The fourth-order valence-electron chi connectivity index (χ4n) is 1.52. The second-order valence-electron chi connectivity index (χ2n) is 3.97. The summed E-state index contributed by atoms with van der Waals surface area (Å²) in [6.07, 6.45) is -4.30. The number of thiocarbonyl (C=S) groups is 1. The van der Waals surface area contributed by atoms with E-state index in [9.17, 15) is 13.2 Å². The molecule has 0 radical (unpaired) electrons. The van der Waals surface area contributed by atoms with Crippen molar-refractivity contribution < 1.29 is 17.9 Å². The fourth-order valence-corrected chi connectivity index (χ4v) is 1.70.